The average molecular weight is 448 g/mol. The number of sulfonamides is 1. The van der Waals surface area contributed by atoms with E-state index in [0.29, 0.717) is 38.4 Å². The molecule has 0 aliphatic carbocycles. The molecule has 1 fully saturated rings. The molecule has 0 saturated carbocycles. The van der Waals surface area contributed by atoms with Crippen LogP contribution in [-0.2, 0) is 19.6 Å². The summed E-state index contributed by atoms with van der Waals surface area (Å²) in [6, 6.07) is 15.9. The number of benzene rings is 2. The van der Waals surface area contributed by atoms with Crippen molar-refractivity contribution < 1.29 is 23.1 Å². The lowest BCUT2D eigenvalue weighted by atomic mass is 10.0. The largest absolute Gasteiger partial charge is 0.396 e. The lowest BCUT2D eigenvalue weighted by molar-refractivity contribution is -0.117. The summed E-state index contributed by atoms with van der Waals surface area (Å²) in [4.78, 5) is 14.6. The van der Waals surface area contributed by atoms with E-state index >= 15 is 0 Å². The Morgan fingerprint density at radius 1 is 1.16 bits per heavy atom. The van der Waals surface area contributed by atoms with Gasteiger partial charge in [0.15, 0.2) is 0 Å². The van der Waals surface area contributed by atoms with Crippen LogP contribution < -0.4 is 5.32 Å². The van der Waals surface area contributed by atoms with E-state index in [4.69, 9.17) is 4.74 Å². The van der Waals surface area contributed by atoms with Crippen LogP contribution >= 0.6 is 0 Å². The van der Waals surface area contributed by atoms with Crippen molar-refractivity contribution in [2.75, 3.05) is 51.8 Å². The summed E-state index contributed by atoms with van der Waals surface area (Å²) in [7, 11) is -1.81. The maximum absolute atomic E-state index is 12.8. The minimum absolute atomic E-state index is 0.00691. The van der Waals surface area contributed by atoms with E-state index in [1.54, 1.807) is 12.1 Å². The summed E-state index contributed by atoms with van der Waals surface area (Å²) in [5.74, 6) is -0.262. The minimum atomic E-state index is -3.64. The Morgan fingerprint density at radius 3 is 2.55 bits per heavy atom. The number of aliphatic hydroxyl groups is 1. The molecule has 8 nitrogen and oxygen atoms in total. The molecule has 168 valence electrons. The summed E-state index contributed by atoms with van der Waals surface area (Å²) in [5, 5.41) is 12.2. The van der Waals surface area contributed by atoms with Crippen LogP contribution in [0.4, 0.5) is 5.69 Å². The fourth-order valence-electron chi connectivity index (χ4n) is 3.65. The van der Waals surface area contributed by atoms with Gasteiger partial charge in [-0.3, -0.25) is 9.69 Å². The van der Waals surface area contributed by atoms with Gasteiger partial charge in [-0.05, 0) is 37.2 Å². The number of anilines is 1. The van der Waals surface area contributed by atoms with Crippen molar-refractivity contribution in [3.05, 3.63) is 60.2 Å². The first-order chi connectivity index (χ1) is 14.9. The highest BCUT2D eigenvalue weighted by atomic mass is 32.2. The van der Waals surface area contributed by atoms with E-state index in [2.05, 4.69) is 5.32 Å². The molecule has 2 aromatic carbocycles. The van der Waals surface area contributed by atoms with Crippen LogP contribution in [0.15, 0.2) is 59.5 Å². The quantitative estimate of drug-likeness (QED) is 0.607. The minimum Gasteiger partial charge on any atom is -0.396 e. The second kappa shape index (κ2) is 10.8. The summed E-state index contributed by atoms with van der Waals surface area (Å²) < 4.78 is 32.3. The van der Waals surface area contributed by atoms with Gasteiger partial charge in [-0.25, -0.2) is 8.42 Å². The van der Waals surface area contributed by atoms with E-state index < -0.39 is 10.0 Å². The Labute approximate surface area is 183 Å². The van der Waals surface area contributed by atoms with Gasteiger partial charge in [0.1, 0.15) is 0 Å². The average Bonchev–Trinajstić information content (AvgIpc) is 2.78. The van der Waals surface area contributed by atoms with Crippen LogP contribution in [0.3, 0.4) is 0 Å². The molecule has 0 spiro atoms. The zero-order valence-electron chi connectivity index (χ0n) is 17.6. The second-order valence-corrected chi connectivity index (χ2v) is 9.38. The van der Waals surface area contributed by atoms with Crippen molar-refractivity contribution in [2.45, 2.75) is 17.4 Å². The van der Waals surface area contributed by atoms with E-state index in [1.165, 1.54) is 16.4 Å². The van der Waals surface area contributed by atoms with Crippen molar-refractivity contribution in [1.29, 1.82) is 0 Å². The third kappa shape index (κ3) is 6.11. The van der Waals surface area contributed by atoms with Crippen LogP contribution in [0.5, 0.6) is 0 Å². The molecule has 1 aliphatic heterocycles. The second-order valence-electron chi connectivity index (χ2n) is 7.45. The molecule has 0 aromatic heterocycles. The molecule has 1 saturated heterocycles. The summed E-state index contributed by atoms with van der Waals surface area (Å²) in [6.45, 7) is 1.48. The highest BCUT2D eigenvalue weighted by molar-refractivity contribution is 7.89. The Hall–Kier alpha value is -2.30. The van der Waals surface area contributed by atoms with Gasteiger partial charge in [0, 0.05) is 31.4 Å². The Balaban J connectivity index is 1.67. The third-order valence-electron chi connectivity index (χ3n) is 5.24. The van der Waals surface area contributed by atoms with Crippen molar-refractivity contribution in [1.82, 2.24) is 9.21 Å². The zero-order chi connectivity index (χ0) is 22.3. The predicted molar refractivity (Wildman–Crippen MR) is 118 cm³/mol. The Kier molecular flexibility index (Phi) is 8.16. The van der Waals surface area contributed by atoms with Crippen molar-refractivity contribution in [3.8, 4) is 0 Å². The molecule has 9 heteroatoms. The lowest BCUT2D eigenvalue weighted by Gasteiger charge is -2.27. The van der Waals surface area contributed by atoms with Gasteiger partial charge in [-0.15, -0.1) is 0 Å². The number of rotatable bonds is 9. The van der Waals surface area contributed by atoms with Crippen LogP contribution in [0.1, 0.15) is 18.0 Å². The third-order valence-corrected chi connectivity index (χ3v) is 7.13. The molecule has 0 unspecified atom stereocenters. The highest BCUT2D eigenvalue weighted by Gasteiger charge is 2.26. The molecule has 1 amide bonds. The van der Waals surface area contributed by atoms with Crippen molar-refractivity contribution in [2.24, 2.45) is 0 Å². The Morgan fingerprint density at radius 2 is 1.87 bits per heavy atom. The first kappa shape index (κ1) is 23.4. The zero-order valence-corrected chi connectivity index (χ0v) is 18.4. The van der Waals surface area contributed by atoms with E-state index in [-0.39, 0.29) is 30.0 Å². The number of hydrogen-bond donors (Lipinski definition) is 2. The normalized spacial score (nSPS) is 16.2. The van der Waals surface area contributed by atoms with Gasteiger partial charge in [0.2, 0.25) is 15.9 Å². The number of amides is 1. The molecule has 3 rings (SSSR count). The summed E-state index contributed by atoms with van der Waals surface area (Å²) in [5.41, 5.74) is 1.44. The number of morpholine rings is 1. The molecule has 1 heterocycles. The standard InChI is InChI=1S/C22H29N3O5S/c1-24(21(10-13-26)18-6-3-2-4-7-18)17-22(27)23-19-8-5-9-20(16-19)31(28,29)25-11-14-30-15-12-25/h2-9,16,21,26H,10-15,17H2,1H3,(H,23,27)/t21-/m0/s1. The first-order valence-corrected chi connectivity index (χ1v) is 11.7. The van der Waals surface area contributed by atoms with Gasteiger partial charge in [0.05, 0.1) is 24.7 Å². The van der Waals surface area contributed by atoms with Gasteiger partial charge in [-0.1, -0.05) is 36.4 Å². The van der Waals surface area contributed by atoms with E-state index in [1.807, 2.05) is 42.3 Å². The van der Waals surface area contributed by atoms with Crippen LogP contribution in [0, 0.1) is 0 Å². The maximum atomic E-state index is 12.8. The van der Waals surface area contributed by atoms with Crippen LogP contribution in [0.25, 0.3) is 0 Å². The number of nitrogens with zero attached hydrogens (tertiary/aromatic N) is 2. The predicted octanol–water partition coefficient (Wildman–Crippen LogP) is 1.70. The molecule has 0 bridgehead atoms. The van der Waals surface area contributed by atoms with Crippen LogP contribution in [-0.4, -0.2) is 75.1 Å². The fourth-order valence-corrected chi connectivity index (χ4v) is 5.10. The first-order valence-electron chi connectivity index (χ1n) is 10.3. The Bertz CT molecular complexity index is 962. The number of nitrogens with one attached hydrogen (secondary N) is 1. The lowest BCUT2D eigenvalue weighted by Crippen LogP contribution is -2.40. The molecule has 2 N–H and O–H groups in total. The van der Waals surface area contributed by atoms with Gasteiger partial charge >= 0.3 is 0 Å². The van der Waals surface area contributed by atoms with Crippen molar-refractivity contribution in [3.63, 3.8) is 0 Å². The van der Waals surface area contributed by atoms with E-state index in [9.17, 15) is 18.3 Å². The van der Waals surface area contributed by atoms with E-state index in [0.717, 1.165) is 5.56 Å². The SMILES string of the molecule is CN(CC(=O)Nc1cccc(S(=O)(=O)N2CCOCC2)c1)[C@@H](CCO)c1ccccc1. The van der Waals surface area contributed by atoms with Gasteiger partial charge < -0.3 is 15.2 Å². The molecule has 31 heavy (non-hydrogen) atoms. The highest BCUT2D eigenvalue weighted by Crippen LogP contribution is 2.23. The molecule has 1 aliphatic rings. The summed E-state index contributed by atoms with van der Waals surface area (Å²) in [6.07, 6.45) is 0.501. The fraction of sp³-hybridized carbons (Fsp3) is 0.409. The topological polar surface area (TPSA) is 99.2 Å². The molecule has 0 radical (unpaired) electrons. The monoisotopic (exact) mass is 447 g/mol. The number of carbonyl (C=O) groups excluding carboxylic acids is 1. The summed E-state index contributed by atoms with van der Waals surface area (Å²) >= 11 is 0. The molecule has 2 aromatic rings. The number of likely N-dealkylation sites (N-methyl/N-ethyl adjacent to an activating group) is 1. The number of hydrogen-bond acceptors (Lipinski definition) is 6. The molecular formula is C22H29N3O5S. The van der Waals surface area contributed by atoms with Crippen molar-refractivity contribution >= 4 is 21.6 Å². The van der Waals surface area contributed by atoms with Crippen LogP contribution in [0.2, 0.25) is 0 Å². The van der Waals surface area contributed by atoms with Gasteiger partial charge in [0.25, 0.3) is 0 Å². The molecular weight excluding hydrogens is 418 g/mol. The number of aliphatic hydroxyl groups excluding tert-OH is 1. The number of carbonyl (C=O) groups is 1. The molecule has 1 atom stereocenters. The maximum Gasteiger partial charge on any atom is 0.243 e. The van der Waals surface area contributed by atoms with Gasteiger partial charge in [-0.2, -0.15) is 4.31 Å². The number of ether oxygens (including phenoxy) is 1. The smallest absolute Gasteiger partial charge is 0.243 e.